The summed E-state index contributed by atoms with van der Waals surface area (Å²) in [6, 6.07) is 16.3. The standard InChI is InChI=1S/C28H33IN4O4/c1-18-15-19(2)21(24(16-18)32(3)4)13-14-30-22-11-12-25(37-5)31-27(22)33(28(29)36)23(17-26(34)35)20-9-7-6-8-10-20/h6-12,15-16,23,30H,13-14,17H2,1-5H3,(H,34,35)/t23-/m1/s1. The Kier molecular flexibility index (Phi) is 9.73. The molecule has 0 radical (unpaired) electrons. The van der Waals surface area contributed by atoms with Crippen LogP contribution >= 0.6 is 22.6 Å². The summed E-state index contributed by atoms with van der Waals surface area (Å²) in [7, 11) is 5.57. The van der Waals surface area contributed by atoms with E-state index in [2.05, 4.69) is 41.2 Å². The molecule has 0 saturated carbocycles. The molecule has 0 aliphatic rings. The molecule has 2 N–H and O–H groups in total. The van der Waals surface area contributed by atoms with Gasteiger partial charge in [-0.1, -0.05) is 36.4 Å². The first-order chi connectivity index (χ1) is 17.6. The third kappa shape index (κ3) is 7.12. The highest BCUT2D eigenvalue weighted by Gasteiger charge is 2.31. The van der Waals surface area contributed by atoms with Crippen molar-refractivity contribution in [3.63, 3.8) is 0 Å². The average Bonchev–Trinajstić information content (AvgIpc) is 2.85. The first-order valence-corrected chi connectivity index (χ1v) is 13.0. The van der Waals surface area contributed by atoms with Crippen molar-refractivity contribution in [2.75, 3.05) is 42.9 Å². The van der Waals surface area contributed by atoms with Crippen molar-refractivity contribution < 1.29 is 19.4 Å². The number of rotatable bonds is 11. The van der Waals surface area contributed by atoms with Crippen LogP contribution in [-0.2, 0) is 11.2 Å². The Morgan fingerprint density at radius 2 is 1.81 bits per heavy atom. The molecule has 8 nitrogen and oxygen atoms in total. The molecule has 0 bridgehead atoms. The molecule has 0 fully saturated rings. The lowest BCUT2D eigenvalue weighted by Crippen LogP contribution is -2.34. The van der Waals surface area contributed by atoms with E-state index in [0.717, 1.165) is 6.42 Å². The van der Waals surface area contributed by atoms with Crippen molar-refractivity contribution in [2.24, 2.45) is 0 Å². The van der Waals surface area contributed by atoms with Crippen molar-refractivity contribution >= 4 is 49.7 Å². The van der Waals surface area contributed by atoms with E-state index in [1.807, 2.05) is 50.5 Å². The monoisotopic (exact) mass is 616 g/mol. The molecule has 1 amide bonds. The van der Waals surface area contributed by atoms with E-state index in [1.54, 1.807) is 28.7 Å². The normalized spacial score (nSPS) is 11.5. The van der Waals surface area contributed by atoms with Crippen molar-refractivity contribution in [1.82, 2.24) is 4.98 Å². The molecule has 0 spiro atoms. The fourth-order valence-electron chi connectivity index (χ4n) is 4.44. The fourth-order valence-corrected chi connectivity index (χ4v) is 5.00. The van der Waals surface area contributed by atoms with Crippen LogP contribution in [-0.4, -0.2) is 47.7 Å². The zero-order chi connectivity index (χ0) is 27.1. The smallest absolute Gasteiger partial charge is 0.305 e. The van der Waals surface area contributed by atoms with Gasteiger partial charge in [0.15, 0.2) is 5.82 Å². The minimum atomic E-state index is -1.01. The highest BCUT2D eigenvalue weighted by molar-refractivity contribution is 14.1. The van der Waals surface area contributed by atoms with Crippen LogP contribution in [0.2, 0.25) is 0 Å². The number of ether oxygens (including phenoxy) is 1. The molecule has 196 valence electrons. The molecule has 2 aromatic carbocycles. The van der Waals surface area contributed by atoms with Crippen LogP contribution in [0.25, 0.3) is 0 Å². The van der Waals surface area contributed by atoms with Crippen LogP contribution < -0.4 is 19.9 Å². The van der Waals surface area contributed by atoms with Gasteiger partial charge in [0.2, 0.25) is 5.88 Å². The number of carbonyl (C=O) groups is 2. The molecule has 0 aliphatic heterocycles. The molecule has 0 aliphatic carbocycles. The number of pyridine rings is 1. The lowest BCUT2D eigenvalue weighted by Gasteiger charge is -2.30. The van der Waals surface area contributed by atoms with Crippen LogP contribution in [0.3, 0.4) is 0 Å². The predicted octanol–water partition coefficient (Wildman–Crippen LogP) is 6.01. The number of nitrogens with zero attached hydrogens (tertiary/aromatic N) is 3. The Morgan fingerprint density at radius 1 is 1.11 bits per heavy atom. The summed E-state index contributed by atoms with van der Waals surface area (Å²) >= 11 is 1.68. The van der Waals surface area contributed by atoms with Crippen molar-refractivity contribution in [3.05, 3.63) is 76.9 Å². The zero-order valence-corrected chi connectivity index (χ0v) is 23.9. The first kappa shape index (κ1) is 28.2. The number of hydrogen-bond donors (Lipinski definition) is 2. The maximum atomic E-state index is 13.0. The van der Waals surface area contributed by atoms with E-state index < -0.39 is 12.0 Å². The number of anilines is 3. The Hall–Kier alpha value is -3.34. The number of carboxylic acid groups (broad SMARTS) is 1. The van der Waals surface area contributed by atoms with E-state index in [-0.39, 0.29) is 10.3 Å². The Bertz CT molecular complexity index is 1250. The van der Waals surface area contributed by atoms with E-state index in [0.29, 0.717) is 29.5 Å². The van der Waals surface area contributed by atoms with Gasteiger partial charge in [-0.05, 0) is 54.7 Å². The van der Waals surface area contributed by atoms with Crippen molar-refractivity contribution in [3.8, 4) is 5.88 Å². The van der Waals surface area contributed by atoms with Gasteiger partial charge in [0, 0.05) is 55.0 Å². The summed E-state index contributed by atoms with van der Waals surface area (Å²) < 4.78 is 5.00. The molecule has 0 unspecified atom stereocenters. The molecule has 9 heteroatoms. The molecule has 1 atom stereocenters. The maximum absolute atomic E-state index is 13.0. The molecular weight excluding hydrogens is 583 g/mol. The summed E-state index contributed by atoms with van der Waals surface area (Å²) in [4.78, 5) is 32.9. The van der Waals surface area contributed by atoms with Gasteiger partial charge in [-0.3, -0.25) is 14.5 Å². The van der Waals surface area contributed by atoms with Crippen LogP contribution in [0.4, 0.5) is 22.0 Å². The number of carboxylic acids is 1. The summed E-state index contributed by atoms with van der Waals surface area (Å²) in [5, 5.41) is 13.1. The van der Waals surface area contributed by atoms with Crippen LogP contribution in [0, 0.1) is 13.8 Å². The molecule has 3 aromatic rings. The van der Waals surface area contributed by atoms with Gasteiger partial charge in [-0.25, -0.2) is 0 Å². The molecule has 1 aromatic heterocycles. The minimum Gasteiger partial charge on any atom is -0.481 e. The number of halogens is 1. The summed E-state index contributed by atoms with van der Waals surface area (Å²) in [6.07, 6.45) is 0.479. The quantitative estimate of drug-likeness (QED) is 0.155. The Balaban J connectivity index is 1.99. The Labute approximate surface area is 231 Å². The van der Waals surface area contributed by atoms with Gasteiger partial charge in [0.05, 0.1) is 25.3 Å². The molecule has 37 heavy (non-hydrogen) atoms. The third-order valence-electron chi connectivity index (χ3n) is 6.11. The van der Waals surface area contributed by atoms with Crippen LogP contribution in [0.1, 0.15) is 34.7 Å². The van der Waals surface area contributed by atoms with Crippen LogP contribution in [0.15, 0.2) is 54.6 Å². The lowest BCUT2D eigenvalue weighted by atomic mass is 9.99. The number of hydrogen-bond acceptors (Lipinski definition) is 6. The predicted molar refractivity (Wildman–Crippen MR) is 157 cm³/mol. The van der Waals surface area contributed by atoms with Crippen LogP contribution in [0.5, 0.6) is 5.88 Å². The van der Waals surface area contributed by atoms with E-state index in [4.69, 9.17) is 4.74 Å². The van der Waals surface area contributed by atoms with Gasteiger partial charge in [-0.15, -0.1) is 0 Å². The summed E-state index contributed by atoms with van der Waals surface area (Å²) in [5.74, 6) is -0.364. The molecule has 1 heterocycles. The second-order valence-corrected chi connectivity index (χ2v) is 9.95. The number of carbonyl (C=O) groups excluding carboxylic acids is 1. The largest absolute Gasteiger partial charge is 0.481 e. The van der Waals surface area contributed by atoms with E-state index >= 15 is 0 Å². The second kappa shape index (κ2) is 12.8. The van der Waals surface area contributed by atoms with Gasteiger partial charge in [0.25, 0.3) is 3.91 Å². The summed E-state index contributed by atoms with van der Waals surface area (Å²) in [6.45, 7) is 4.79. The topological polar surface area (TPSA) is 95.0 Å². The van der Waals surface area contributed by atoms with Gasteiger partial charge in [-0.2, -0.15) is 4.98 Å². The van der Waals surface area contributed by atoms with Crippen molar-refractivity contribution in [2.45, 2.75) is 32.7 Å². The summed E-state index contributed by atoms with van der Waals surface area (Å²) in [5.41, 5.74) is 6.15. The number of nitrogens with one attached hydrogen (secondary N) is 1. The fraction of sp³-hybridized carbons (Fsp3) is 0.321. The lowest BCUT2D eigenvalue weighted by molar-refractivity contribution is -0.137. The third-order valence-corrected chi connectivity index (χ3v) is 6.63. The molecular formula is C28H33IN4O4. The minimum absolute atomic E-state index is 0.272. The zero-order valence-electron chi connectivity index (χ0n) is 21.8. The average molecular weight is 617 g/mol. The molecule has 3 rings (SSSR count). The van der Waals surface area contributed by atoms with E-state index in [9.17, 15) is 14.7 Å². The number of benzene rings is 2. The SMILES string of the molecule is COc1ccc(NCCc2c(C)cc(C)cc2N(C)C)c(N(C(=O)I)[C@H](CC(=O)O)c2ccccc2)n1. The number of aliphatic carboxylic acids is 1. The number of amides is 1. The highest BCUT2D eigenvalue weighted by atomic mass is 127. The van der Waals surface area contributed by atoms with E-state index in [1.165, 1.54) is 34.4 Å². The van der Waals surface area contributed by atoms with Gasteiger partial charge < -0.3 is 20.1 Å². The second-order valence-electron chi connectivity index (χ2n) is 9.02. The van der Waals surface area contributed by atoms with Crippen molar-refractivity contribution in [1.29, 1.82) is 0 Å². The highest BCUT2D eigenvalue weighted by Crippen LogP contribution is 2.36. The molecule has 0 saturated heterocycles. The van der Waals surface area contributed by atoms with Gasteiger partial charge in [0.1, 0.15) is 0 Å². The maximum Gasteiger partial charge on any atom is 0.305 e. The number of methoxy groups -OCH3 is 1. The number of aromatic nitrogens is 1. The number of aryl methyl sites for hydroxylation is 2. The Morgan fingerprint density at radius 3 is 2.41 bits per heavy atom. The van der Waals surface area contributed by atoms with Gasteiger partial charge >= 0.3 is 5.97 Å². The first-order valence-electron chi connectivity index (χ1n) is 11.9.